The number of nitrogens with one attached hydrogen (secondary N) is 3. The number of anilines is 2. The van der Waals surface area contributed by atoms with Crippen LogP contribution in [0.2, 0.25) is 0 Å². The molecule has 0 unspecified atom stereocenters. The molecule has 36 heavy (non-hydrogen) atoms. The Morgan fingerprint density at radius 3 is 2.42 bits per heavy atom. The average Bonchev–Trinajstić information content (AvgIpc) is 3.21. The van der Waals surface area contributed by atoms with Gasteiger partial charge >= 0.3 is 5.69 Å². The van der Waals surface area contributed by atoms with Gasteiger partial charge in [0.2, 0.25) is 0 Å². The molecule has 0 fully saturated rings. The first kappa shape index (κ1) is 24.7. The number of rotatable bonds is 9. The van der Waals surface area contributed by atoms with Gasteiger partial charge < -0.3 is 15.4 Å². The van der Waals surface area contributed by atoms with Crippen molar-refractivity contribution in [3.8, 4) is 5.69 Å². The number of hydrogen-bond donors (Lipinski definition) is 3. The molecule has 186 valence electrons. The Hall–Kier alpha value is -4.44. The summed E-state index contributed by atoms with van der Waals surface area (Å²) in [6.45, 7) is 4.55. The maximum atomic E-state index is 13.2. The van der Waals surface area contributed by atoms with E-state index in [9.17, 15) is 14.4 Å². The number of nitrogens with zero attached hydrogens (tertiary/aromatic N) is 3. The smallest absolute Gasteiger partial charge is 0.330 e. The second kappa shape index (κ2) is 10.9. The Balaban J connectivity index is 1.65. The van der Waals surface area contributed by atoms with Crippen molar-refractivity contribution >= 4 is 17.4 Å². The quantitative estimate of drug-likeness (QED) is 0.333. The molecule has 3 N–H and O–H groups in total. The normalized spacial score (nSPS) is 10.9. The van der Waals surface area contributed by atoms with Gasteiger partial charge in [0.25, 0.3) is 11.5 Å². The summed E-state index contributed by atoms with van der Waals surface area (Å²) in [5, 5.41) is 10.3. The van der Waals surface area contributed by atoms with E-state index in [-0.39, 0.29) is 24.7 Å². The second-order valence-corrected chi connectivity index (χ2v) is 8.31. The molecule has 0 bridgehead atoms. The Morgan fingerprint density at radius 1 is 1.06 bits per heavy atom. The number of carbonyl (C=O) groups excluding carboxylic acids is 1. The lowest BCUT2D eigenvalue weighted by Crippen LogP contribution is -2.36. The van der Waals surface area contributed by atoms with Crippen LogP contribution in [0.5, 0.6) is 0 Å². The molecule has 0 aliphatic rings. The molecule has 2 aromatic heterocycles. The molecule has 4 aromatic rings. The Labute approximate surface area is 207 Å². The summed E-state index contributed by atoms with van der Waals surface area (Å²) in [5.41, 5.74) is 2.80. The predicted octanol–water partition coefficient (Wildman–Crippen LogP) is 2.85. The van der Waals surface area contributed by atoms with E-state index < -0.39 is 17.2 Å². The summed E-state index contributed by atoms with van der Waals surface area (Å²) in [6, 6.07) is 18.4. The van der Waals surface area contributed by atoms with E-state index in [0.29, 0.717) is 12.1 Å². The zero-order valence-corrected chi connectivity index (χ0v) is 20.4. The highest BCUT2D eigenvalue weighted by Crippen LogP contribution is 2.19. The molecule has 4 rings (SSSR count). The highest BCUT2D eigenvalue weighted by molar-refractivity contribution is 6.05. The van der Waals surface area contributed by atoms with Crippen molar-refractivity contribution in [2.45, 2.75) is 26.9 Å². The van der Waals surface area contributed by atoms with E-state index >= 15 is 0 Å². The van der Waals surface area contributed by atoms with Gasteiger partial charge in [0.15, 0.2) is 0 Å². The molecule has 10 heteroatoms. The number of aromatic amines is 1. The lowest BCUT2D eigenvalue weighted by atomic mass is 10.2. The second-order valence-electron chi connectivity index (χ2n) is 8.31. The maximum absolute atomic E-state index is 13.2. The number of methoxy groups -OCH3 is 1. The molecule has 0 saturated carbocycles. The van der Waals surface area contributed by atoms with Crippen LogP contribution in [0.1, 0.15) is 27.3 Å². The largest absolute Gasteiger partial charge is 0.383 e. The number of benzene rings is 2. The van der Waals surface area contributed by atoms with Gasteiger partial charge in [-0.15, -0.1) is 0 Å². The maximum Gasteiger partial charge on any atom is 0.330 e. The van der Waals surface area contributed by atoms with Crippen LogP contribution < -0.4 is 21.9 Å². The van der Waals surface area contributed by atoms with Crippen LogP contribution >= 0.6 is 0 Å². The molecule has 0 saturated heterocycles. The molecular weight excluding hydrogens is 460 g/mol. The Kier molecular flexibility index (Phi) is 7.45. The van der Waals surface area contributed by atoms with Crippen LogP contribution in [0, 0.1) is 13.8 Å². The average molecular weight is 489 g/mol. The standard InChI is InChI=1S/C26H28N6O4/c1-17-15-18(2)32(30-17)21-11-9-20(10-12-21)24(33)28-23-22(27-16-19-7-5-4-6-8-19)25(34)29-26(35)31(23)13-14-36-3/h4-12,15,27H,13-14,16H2,1-3H3,(H,28,33)(H,29,34,35). The van der Waals surface area contributed by atoms with E-state index in [2.05, 4.69) is 20.7 Å². The van der Waals surface area contributed by atoms with Crippen molar-refractivity contribution in [3.63, 3.8) is 0 Å². The zero-order valence-electron chi connectivity index (χ0n) is 20.4. The fourth-order valence-electron chi connectivity index (χ4n) is 3.87. The van der Waals surface area contributed by atoms with Gasteiger partial charge in [-0.05, 0) is 49.7 Å². The summed E-state index contributed by atoms with van der Waals surface area (Å²) in [6.07, 6.45) is 0. The van der Waals surface area contributed by atoms with Crippen molar-refractivity contribution in [2.75, 3.05) is 24.4 Å². The molecule has 0 aliphatic heterocycles. The molecule has 1 amide bonds. The van der Waals surface area contributed by atoms with Gasteiger partial charge in [-0.2, -0.15) is 5.10 Å². The van der Waals surface area contributed by atoms with Crippen molar-refractivity contribution < 1.29 is 9.53 Å². The third kappa shape index (κ3) is 5.44. The van der Waals surface area contributed by atoms with Gasteiger partial charge in [0, 0.05) is 24.9 Å². The molecular formula is C26H28N6O4. The van der Waals surface area contributed by atoms with Crippen LogP contribution in [-0.4, -0.2) is 39.0 Å². The number of amides is 1. The number of carbonyl (C=O) groups is 1. The predicted molar refractivity (Wildman–Crippen MR) is 138 cm³/mol. The Bertz CT molecular complexity index is 1470. The number of aryl methyl sites for hydroxylation is 2. The molecule has 0 spiro atoms. The zero-order chi connectivity index (χ0) is 25.7. The summed E-state index contributed by atoms with van der Waals surface area (Å²) >= 11 is 0. The van der Waals surface area contributed by atoms with E-state index in [1.807, 2.05) is 50.2 Å². The minimum Gasteiger partial charge on any atom is -0.383 e. The molecule has 0 radical (unpaired) electrons. The van der Waals surface area contributed by atoms with Gasteiger partial charge in [-0.1, -0.05) is 30.3 Å². The van der Waals surface area contributed by atoms with E-state index in [4.69, 9.17) is 4.74 Å². The Morgan fingerprint density at radius 2 is 1.78 bits per heavy atom. The summed E-state index contributed by atoms with van der Waals surface area (Å²) < 4.78 is 8.19. The third-order valence-electron chi connectivity index (χ3n) is 5.65. The fraction of sp³-hybridized carbons (Fsp3) is 0.231. The number of hydrogen-bond acceptors (Lipinski definition) is 6. The van der Waals surface area contributed by atoms with E-state index in [1.165, 1.54) is 11.7 Å². The minimum absolute atomic E-state index is 0.0735. The topological polar surface area (TPSA) is 123 Å². The first-order valence-corrected chi connectivity index (χ1v) is 11.5. The summed E-state index contributed by atoms with van der Waals surface area (Å²) in [7, 11) is 1.51. The van der Waals surface area contributed by atoms with Crippen molar-refractivity contribution in [1.29, 1.82) is 0 Å². The summed E-state index contributed by atoms with van der Waals surface area (Å²) in [4.78, 5) is 40.8. The van der Waals surface area contributed by atoms with Gasteiger partial charge in [0.05, 0.1) is 24.5 Å². The van der Waals surface area contributed by atoms with Crippen LogP contribution in [0.15, 0.2) is 70.3 Å². The SMILES string of the molecule is COCCn1c(NC(=O)c2ccc(-n3nc(C)cc3C)cc2)c(NCc2ccccc2)c(=O)[nH]c1=O. The number of aromatic nitrogens is 4. The van der Waals surface area contributed by atoms with Gasteiger partial charge in [-0.25, -0.2) is 9.48 Å². The molecule has 2 aromatic carbocycles. The lowest BCUT2D eigenvalue weighted by Gasteiger charge is -2.18. The van der Waals surface area contributed by atoms with Crippen LogP contribution in [0.3, 0.4) is 0 Å². The summed E-state index contributed by atoms with van der Waals surface area (Å²) in [5.74, 6) is -0.391. The van der Waals surface area contributed by atoms with Crippen molar-refractivity contribution in [1.82, 2.24) is 19.3 Å². The first-order chi connectivity index (χ1) is 17.4. The van der Waals surface area contributed by atoms with Crippen LogP contribution in [-0.2, 0) is 17.8 Å². The number of ether oxygens (including phenoxy) is 1. The highest BCUT2D eigenvalue weighted by atomic mass is 16.5. The first-order valence-electron chi connectivity index (χ1n) is 11.5. The molecule has 0 atom stereocenters. The molecule has 10 nitrogen and oxygen atoms in total. The monoisotopic (exact) mass is 488 g/mol. The van der Waals surface area contributed by atoms with Crippen molar-refractivity contribution in [3.05, 3.63) is 104 Å². The van der Waals surface area contributed by atoms with Crippen molar-refractivity contribution in [2.24, 2.45) is 0 Å². The fourth-order valence-corrected chi connectivity index (χ4v) is 3.87. The highest BCUT2D eigenvalue weighted by Gasteiger charge is 2.18. The molecule has 0 aliphatic carbocycles. The van der Waals surface area contributed by atoms with Crippen LogP contribution in [0.25, 0.3) is 5.69 Å². The van der Waals surface area contributed by atoms with E-state index in [0.717, 1.165) is 22.6 Å². The number of H-pyrrole nitrogens is 1. The van der Waals surface area contributed by atoms with Gasteiger partial charge in [-0.3, -0.25) is 19.1 Å². The lowest BCUT2D eigenvalue weighted by molar-refractivity contribution is 0.102. The third-order valence-corrected chi connectivity index (χ3v) is 5.65. The minimum atomic E-state index is -0.641. The van der Waals surface area contributed by atoms with Crippen LogP contribution in [0.4, 0.5) is 11.5 Å². The van der Waals surface area contributed by atoms with E-state index in [1.54, 1.807) is 28.9 Å². The molecule has 2 heterocycles. The van der Waals surface area contributed by atoms with Gasteiger partial charge in [0.1, 0.15) is 11.5 Å².